The van der Waals surface area contributed by atoms with Gasteiger partial charge in [0.25, 0.3) is 0 Å². The summed E-state index contributed by atoms with van der Waals surface area (Å²) in [6.45, 7) is 0. The highest BCUT2D eigenvalue weighted by Crippen LogP contribution is 2.46. The van der Waals surface area contributed by atoms with Crippen LogP contribution in [0.2, 0.25) is 0 Å². The van der Waals surface area contributed by atoms with Gasteiger partial charge in [0.1, 0.15) is 5.75 Å². The van der Waals surface area contributed by atoms with Crippen LogP contribution in [-0.4, -0.2) is 33.5 Å². The van der Waals surface area contributed by atoms with E-state index in [-0.39, 0.29) is 11.5 Å². The first-order chi connectivity index (χ1) is 11.1. The van der Waals surface area contributed by atoms with Crippen molar-refractivity contribution in [2.75, 3.05) is 28.4 Å². The minimum atomic E-state index is -0.00471. The maximum atomic E-state index is 10.3. The molecule has 0 saturated carbocycles. The summed E-state index contributed by atoms with van der Waals surface area (Å²) in [6.07, 6.45) is 3.65. The molecule has 0 bridgehead atoms. The summed E-state index contributed by atoms with van der Waals surface area (Å²) >= 11 is 0. The van der Waals surface area contributed by atoms with E-state index in [9.17, 15) is 5.11 Å². The first kappa shape index (κ1) is 16.5. The van der Waals surface area contributed by atoms with Crippen LogP contribution in [0.4, 0.5) is 0 Å². The largest absolute Gasteiger partial charge is 0.504 e. The third-order valence-electron chi connectivity index (χ3n) is 3.40. The molecule has 0 atom stereocenters. The van der Waals surface area contributed by atoms with Gasteiger partial charge in [0.15, 0.2) is 11.5 Å². The quantitative estimate of drug-likeness (QED) is 0.825. The average Bonchev–Trinajstić information content (AvgIpc) is 2.60. The molecule has 0 heterocycles. The summed E-state index contributed by atoms with van der Waals surface area (Å²) in [5, 5.41) is 10.3. The van der Waals surface area contributed by atoms with E-state index in [2.05, 4.69) is 0 Å². The molecule has 1 N–H and O–H groups in total. The zero-order chi connectivity index (χ0) is 16.8. The normalized spacial score (nSPS) is 10.6. The maximum Gasteiger partial charge on any atom is 0.207 e. The van der Waals surface area contributed by atoms with Crippen LogP contribution in [0.5, 0.6) is 28.7 Å². The molecule has 0 aliphatic heterocycles. The third-order valence-corrected chi connectivity index (χ3v) is 3.40. The molecule has 0 aliphatic rings. The lowest BCUT2D eigenvalue weighted by molar-refractivity contribution is 0.310. The molecule has 0 amide bonds. The second-order valence-corrected chi connectivity index (χ2v) is 4.69. The van der Waals surface area contributed by atoms with Crippen molar-refractivity contribution in [1.29, 1.82) is 0 Å². The van der Waals surface area contributed by atoms with Gasteiger partial charge in [0, 0.05) is 5.56 Å². The van der Waals surface area contributed by atoms with Gasteiger partial charge in [-0.2, -0.15) is 0 Å². The van der Waals surface area contributed by atoms with Crippen molar-refractivity contribution in [1.82, 2.24) is 0 Å². The van der Waals surface area contributed by atoms with E-state index in [4.69, 9.17) is 18.9 Å². The van der Waals surface area contributed by atoms with E-state index in [0.717, 1.165) is 11.3 Å². The van der Waals surface area contributed by atoms with Gasteiger partial charge in [-0.1, -0.05) is 24.3 Å². The van der Waals surface area contributed by atoms with E-state index in [1.54, 1.807) is 19.3 Å². The van der Waals surface area contributed by atoms with E-state index in [0.29, 0.717) is 17.1 Å². The number of aromatic hydroxyl groups is 1. The van der Waals surface area contributed by atoms with Gasteiger partial charge in [0.05, 0.1) is 28.4 Å². The lowest BCUT2D eigenvalue weighted by atomic mass is 10.1. The highest BCUT2D eigenvalue weighted by molar-refractivity contribution is 5.77. The molecule has 2 aromatic carbocycles. The second kappa shape index (κ2) is 7.45. The number of rotatable bonds is 6. The number of ether oxygens (including phenoxy) is 4. The fourth-order valence-corrected chi connectivity index (χ4v) is 2.19. The van der Waals surface area contributed by atoms with E-state index >= 15 is 0 Å². The Bertz CT molecular complexity index is 690. The molecule has 5 nitrogen and oxygen atoms in total. The van der Waals surface area contributed by atoms with Gasteiger partial charge >= 0.3 is 0 Å². The molecule has 0 fully saturated rings. The Morgan fingerprint density at radius 2 is 1.43 bits per heavy atom. The maximum absolute atomic E-state index is 10.3. The van der Waals surface area contributed by atoms with Gasteiger partial charge in [-0.05, 0) is 23.8 Å². The van der Waals surface area contributed by atoms with Crippen LogP contribution >= 0.6 is 0 Å². The van der Waals surface area contributed by atoms with Crippen LogP contribution in [-0.2, 0) is 0 Å². The van der Waals surface area contributed by atoms with Crippen LogP contribution < -0.4 is 18.9 Å². The SMILES string of the molecule is COc1ccc(C=Cc2cc(OC)c(OC)c(OC)c2O)cc1. The highest BCUT2D eigenvalue weighted by atomic mass is 16.5. The topological polar surface area (TPSA) is 57.2 Å². The zero-order valence-corrected chi connectivity index (χ0v) is 13.6. The van der Waals surface area contributed by atoms with Crippen molar-refractivity contribution in [3.05, 3.63) is 41.5 Å². The molecule has 2 aromatic rings. The number of phenols is 1. The van der Waals surface area contributed by atoms with Crippen LogP contribution in [0.1, 0.15) is 11.1 Å². The molecule has 0 radical (unpaired) electrons. The lowest BCUT2D eigenvalue weighted by Crippen LogP contribution is -1.96. The van der Waals surface area contributed by atoms with E-state index < -0.39 is 0 Å². The fraction of sp³-hybridized carbons (Fsp3) is 0.222. The van der Waals surface area contributed by atoms with Crippen molar-refractivity contribution < 1.29 is 24.1 Å². The minimum Gasteiger partial charge on any atom is -0.504 e. The molecule has 5 heteroatoms. The monoisotopic (exact) mass is 316 g/mol. The van der Waals surface area contributed by atoms with Gasteiger partial charge in [-0.15, -0.1) is 0 Å². The Kier molecular flexibility index (Phi) is 5.36. The molecule has 0 saturated heterocycles. The second-order valence-electron chi connectivity index (χ2n) is 4.69. The van der Waals surface area contributed by atoms with Crippen LogP contribution in [0, 0.1) is 0 Å². The summed E-state index contributed by atoms with van der Waals surface area (Å²) in [7, 11) is 6.12. The fourth-order valence-electron chi connectivity index (χ4n) is 2.19. The standard InChI is InChI=1S/C18H20O5/c1-20-14-9-6-12(7-10-14)5-8-13-11-15(21-2)17(22-3)18(23-4)16(13)19/h5-11,19H,1-4H3. The Balaban J connectivity index is 2.40. The predicted octanol–water partition coefficient (Wildman–Crippen LogP) is 3.60. The van der Waals surface area contributed by atoms with Crippen molar-refractivity contribution in [3.63, 3.8) is 0 Å². The average molecular weight is 316 g/mol. The van der Waals surface area contributed by atoms with Gasteiger partial charge < -0.3 is 24.1 Å². The Labute approximate surface area is 135 Å². The molecular weight excluding hydrogens is 296 g/mol. The number of hydrogen-bond acceptors (Lipinski definition) is 5. The van der Waals surface area contributed by atoms with E-state index in [1.165, 1.54) is 21.3 Å². The van der Waals surface area contributed by atoms with Crippen molar-refractivity contribution >= 4 is 12.2 Å². The van der Waals surface area contributed by atoms with Gasteiger partial charge in [-0.25, -0.2) is 0 Å². The predicted molar refractivity (Wildman–Crippen MR) is 89.7 cm³/mol. The first-order valence-corrected chi connectivity index (χ1v) is 6.98. The van der Waals surface area contributed by atoms with Gasteiger partial charge in [-0.3, -0.25) is 0 Å². The Morgan fingerprint density at radius 1 is 0.783 bits per heavy atom. The number of phenolic OH excluding ortho intramolecular Hbond substituents is 1. The van der Waals surface area contributed by atoms with Gasteiger partial charge in [0.2, 0.25) is 11.5 Å². The summed E-state index contributed by atoms with van der Waals surface area (Å²) in [5.74, 6) is 1.86. The molecule has 2 rings (SSSR count). The smallest absolute Gasteiger partial charge is 0.207 e. The third kappa shape index (κ3) is 3.51. The van der Waals surface area contributed by atoms with Crippen LogP contribution in [0.25, 0.3) is 12.2 Å². The molecular formula is C18H20O5. The minimum absolute atomic E-state index is 0.00471. The number of benzene rings is 2. The Hall–Kier alpha value is -2.82. The van der Waals surface area contributed by atoms with E-state index in [1.807, 2.05) is 30.3 Å². The summed E-state index contributed by atoms with van der Waals surface area (Å²) in [4.78, 5) is 0. The molecule has 0 aliphatic carbocycles. The van der Waals surface area contributed by atoms with Crippen LogP contribution in [0.15, 0.2) is 30.3 Å². The molecule has 0 unspecified atom stereocenters. The zero-order valence-electron chi connectivity index (χ0n) is 13.6. The summed E-state index contributed by atoms with van der Waals surface area (Å²) < 4.78 is 20.9. The Morgan fingerprint density at radius 3 is 1.96 bits per heavy atom. The number of methoxy groups -OCH3 is 4. The van der Waals surface area contributed by atoms with Crippen molar-refractivity contribution in [2.24, 2.45) is 0 Å². The molecule has 23 heavy (non-hydrogen) atoms. The van der Waals surface area contributed by atoms with Crippen molar-refractivity contribution in [2.45, 2.75) is 0 Å². The molecule has 0 spiro atoms. The summed E-state index contributed by atoms with van der Waals surface area (Å²) in [6, 6.07) is 9.27. The molecule has 122 valence electrons. The number of hydrogen-bond donors (Lipinski definition) is 1. The van der Waals surface area contributed by atoms with Crippen molar-refractivity contribution in [3.8, 4) is 28.7 Å². The first-order valence-electron chi connectivity index (χ1n) is 6.98. The highest BCUT2D eigenvalue weighted by Gasteiger charge is 2.18. The summed E-state index contributed by atoms with van der Waals surface area (Å²) in [5.41, 5.74) is 1.54. The van der Waals surface area contributed by atoms with Crippen LogP contribution in [0.3, 0.4) is 0 Å². The molecule has 0 aromatic heterocycles. The lowest BCUT2D eigenvalue weighted by Gasteiger charge is -2.15.